The van der Waals surface area contributed by atoms with E-state index in [1.807, 2.05) is 0 Å². The molecule has 0 saturated carbocycles. The first-order valence-electron chi connectivity index (χ1n) is 7.63. The van der Waals surface area contributed by atoms with E-state index in [0.717, 1.165) is 0 Å². The van der Waals surface area contributed by atoms with Gasteiger partial charge in [0.1, 0.15) is 17.1 Å². The van der Waals surface area contributed by atoms with Crippen LogP contribution in [0.3, 0.4) is 0 Å². The van der Waals surface area contributed by atoms with Crippen LogP contribution < -0.4 is 5.11 Å². The minimum absolute atomic E-state index is 0.0555. The van der Waals surface area contributed by atoms with Gasteiger partial charge in [0.15, 0.2) is 5.11 Å². The lowest BCUT2D eigenvalue weighted by Crippen LogP contribution is -2.52. The van der Waals surface area contributed by atoms with E-state index in [0.29, 0.717) is 5.56 Å². The predicted molar refractivity (Wildman–Crippen MR) is 99.6 cm³/mol. The van der Waals surface area contributed by atoms with E-state index >= 15 is 0 Å². The minimum atomic E-state index is -1.35. The molecule has 1 aromatic heterocycles. The standard InChI is InChI=1S/C18H13ClN2O5S/c1-20-15(22)12(16(23)21(2)18(20)27)8-10-4-6-14(26-10)11-7-9(17(24)25)3-5-13(11)19/h3-8H,1-2H3,(H,24,25)/p-1. The first-order chi connectivity index (χ1) is 12.7. The van der Waals surface area contributed by atoms with Gasteiger partial charge in [-0.2, -0.15) is 0 Å². The third kappa shape index (κ3) is 3.36. The molecule has 1 aromatic carbocycles. The lowest BCUT2D eigenvalue weighted by atomic mass is 10.1. The van der Waals surface area contributed by atoms with Gasteiger partial charge in [0.25, 0.3) is 11.8 Å². The van der Waals surface area contributed by atoms with Crippen molar-refractivity contribution in [3.05, 3.63) is 52.3 Å². The molecule has 0 radical (unpaired) electrons. The fraction of sp³-hybridized carbons (Fsp3) is 0.111. The summed E-state index contributed by atoms with van der Waals surface area (Å²) in [4.78, 5) is 38.1. The summed E-state index contributed by atoms with van der Waals surface area (Å²) in [5.74, 6) is -1.92. The number of nitrogens with zero attached hydrogens (tertiary/aromatic N) is 2. The average molecular weight is 404 g/mol. The van der Waals surface area contributed by atoms with Gasteiger partial charge >= 0.3 is 0 Å². The van der Waals surface area contributed by atoms with Crippen molar-refractivity contribution in [2.24, 2.45) is 0 Å². The molecule has 0 atom stereocenters. The second-order valence-electron chi connectivity index (χ2n) is 5.75. The highest BCUT2D eigenvalue weighted by Crippen LogP contribution is 2.31. The van der Waals surface area contributed by atoms with Gasteiger partial charge in [0.05, 0.1) is 11.0 Å². The van der Waals surface area contributed by atoms with Gasteiger partial charge in [0.2, 0.25) is 0 Å². The van der Waals surface area contributed by atoms with Gasteiger partial charge < -0.3 is 14.3 Å². The summed E-state index contributed by atoms with van der Waals surface area (Å²) < 4.78 is 5.63. The van der Waals surface area contributed by atoms with Crippen LogP contribution in [0.15, 0.2) is 40.3 Å². The first-order valence-corrected chi connectivity index (χ1v) is 8.42. The molecule has 0 bridgehead atoms. The molecule has 0 N–H and O–H groups in total. The maximum Gasteiger partial charge on any atom is 0.265 e. The molecule has 9 heteroatoms. The summed E-state index contributed by atoms with van der Waals surface area (Å²) in [6, 6.07) is 7.16. The molecule has 2 amide bonds. The van der Waals surface area contributed by atoms with Crippen LogP contribution in [-0.2, 0) is 9.59 Å². The quantitative estimate of drug-likeness (QED) is 0.438. The third-order valence-electron chi connectivity index (χ3n) is 4.02. The van der Waals surface area contributed by atoms with Crippen LogP contribution in [0.5, 0.6) is 0 Å². The van der Waals surface area contributed by atoms with Crippen LogP contribution in [0.4, 0.5) is 0 Å². The summed E-state index contributed by atoms with van der Waals surface area (Å²) >= 11 is 11.1. The Balaban J connectivity index is 1.99. The van der Waals surface area contributed by atoms with Gasteiger partial charge in [0, 0.05) is 19.7 Å². The summed E-state index contributed by atoms with van der Waals surface area (Å²) in [5, 5.41) is 11.4. The monoisotopic (exact) mass is 403 g/mol. The Morgan fingerprint density at radius 3 is 2.37 bits per heavy atom. The van der Waals surface area contributed by atoms with E-state index in [4.69, 9.17) is 28.2 Å². The molecule has 1 aliphatic rings. The Kier molecular flexibility index (Phi) is 4.86. The zero-order chi connectivity index (χ0) is 19.9. The number of amides is 2. The lowest BCUT2D eigenvalue weighted by molar-refractivity contribution is -0.255. The number of hydrogen-bond acceptors (Lipinski definition) is 6. The van der Waals surface area contributed by atoms with Gasteiger partial charge in [-0.25, -0.2) is 0 Å². The second-order valence-corrected chi connectivity index (χ2v) is 6.53. The van der Waals surface area contributed by atoms with Crippen molar-refractivity contribution >= 4 is 52.8 Å². The highest BCUT2D eigenvalue weighted by molar-refractivity contribution is 7.80. The molecule has 1 saturated heterocycles. The average Bonchev–Trinajstić information content (AvgIpc) is 3.10. The van der Waals surface area contributed by atoms with Gasteiger partial charge in [-0.05, 0) is 48.1 Å². The number of hydrogen-bond donors (Lipinski definition) is 0. The van der Waals surface area contributed by atoms with Crippen molar-refractivity contribution in [1.29, 1.82) is 0 Å². The number of likely N-dealkylation sites (N-methyl/N-ethyl adjacent to an activating group) is 2. The van der Waals surface area contributed by atoms with Crippen molar-refractivity contribution < 1.29 is 23.9 Å². The number of thiocarbonyl (C=S) groups is 1. The van der Waals surface area contributed by atoms with E-state index in [1.165, 1.54) is 54.2 Å². The molecule has 3 rings (SSSR count). The van der Waals surface area contributed by atoms with Gasteiger partial charge in [-0.15, -0.1) is 0 Å². The van der Waals surface area contributed by atoms with Crippen LogP contribution in [0.25, 0.3) is 17.4 Å². The largest absolute Gasteiger partial charge is 0.545 e. The van der Waals surface area contributed by atoms with Crippen molar-refractivity contribution in [3.8, 4) is 11.3 Å². The van der Waals surface area contributed by atoms with E-state index in [1.54, 1.807) is 6.07 Å². The van der Waals surface area contributed by atoms with Crippen molar-refractivity contribution in [1.82, 2.24) is 9.80 Å². The second kappa shape index (κ2) is 6.98. The van der Waals surface area contributed by atoms with Crippen molar-refractivity contribution in [2.75, 3.05) is 14.1 Å². The molecule has 2 aromatic rings. The molecular weight excluding hydrogens is 392 g/mol. The number of halogens is 1. The maximum atomic E-state index is 12.3. The summed E-state index contributed by atoms with van der Waals surface area (Å²) in [7, 11) is 2.94. The SMILES string of the molecule is CN1C(=O)C(=Cc2ccc(-c3cc(C(=O)[O-])ccc3Cl)o2)C(=O)N(C)C1=S. The number of carbonyl (C=O) groups excluding carboxylic acids is 3. The fourth-order valence-electron chi connectivity index (χ4n) is 2.53. The topological polar surface area (TPSA) is 93.9 Å². The van der Waals surface area contributed by atoms with E-state index in [-0.39, 0.29) is 32.8 Å². The Bertz CT molecular complexity index is 1000. The first kappa shape index (κ1) is 18.8. The summed E-state index contributed by atoms with van der Waals surface area (Å²) in [6.45, 7) is 0. The Labute approximate surface area is 164 Å². The summed E-state index contributed by atoms with van der Waals surface area (Å²) in [6.07, 6.45) is 1.31. The maximum absolute atomic E-state index is 12.3. The molecule has 1 fully saturated rings. The summed E-state index contributed by atoms with van der Waals surface area (Å²) in [5.41, 5.74) is 0.184. The zero-order valence-electron chi connectivity index (χ0n) is 14.2. The van der Waals surface area contributed by atoms with Crippen LogP contribution >= 0.6 is 23.8 Å². The number of furan rings is 1. The molecule has 1 aliphatic heterocycles. The number of carboxylic acids is 1. The number of aromatic carboxylic acids is 1. The Morgan fingerprint density at radius 1 is 1.15 bits per heavy atom. The molecule has 7 nitrogen and oxygen atoms in total. The third-order valence-corrected chi connectivity index (χ3v) is 4.90. The number of carbonyl (C=O) groups is 3. The van der Waals surface area contributed by atoms with Crippen LogP contribution in [0.2, 0.25) is 5.02 Å². The van der Waals surface area contributed by atoms with Crippen LogP contribution in [0, 0.1) is 0 Å². The number of carboxylic acid groups (broad SMARTS) is 1. The lowest BCUT2D eigenvalue weighted by Gasteiger charge is -2.31. The molecular formula is C18H12ClN2O5S-. The van der Waals surface area contributed by atoms with Crippen molar-refractivity contribution in [3.63, 3.8) is 0 Å². The Morgan fingerprint density at radius 2 is 1.78 bits per heavy atom. The van der Waals surface area contributed by atoms with E-state index < -0.39 is 17.8 Å². The number of benzene rings is 1. The molecule has 2 heterocycles. The van der Waals surface area contributed by atoms with Gasteiger partial charge in [-0.3, -0.25) is 19.4 Å². The molecule has 0 spiro atoms. The van der Waals surface area contributed by atoms with Crippen molar-refractivity contribution in [2.45, 2.75) is 0 Å². The fourth-order valence-corrected chi connectivity index (χ4v) is 2.91. The zero-order valence-corrected chi connectivity index (χ0v) is 15.8. The molecule has 0 unspecified atom stereocenters. The van der Waals surface area contributed by atoms with Crippen LogP contribution in [0.1, 0.15) is 16.1 Å². The van der Waals surface area contributed by atoms with E-state index in [9.17, 15) is 19.5 Å². The smallest absolute Gasteiger partial charge is 0.265 e. The minimum Gasteiger partial charge on any atom is -0.545 e. The molecule has 138 valence electrons. The predicted octanol–water partition coefficient (Wildman–Crippen LogP) is 1.56. The highest BCUT2D eigenvalue weighted by Gasteiger charge is 2.35. The Hall–Kier alpha value is -2.97. The van der Waals surface area contributed by atoms with E-state index in [2.05, 4.69) is 0 Å². The molecule has 0 aliphatic carbocycles. The van der Waals surface area contributed by atoms with Gasteiger partial charge in [-0.1, -0.05) is 17.7 Å². The molecule has 27 heavy (non-hydrogen) atoms. The highest BCUT2D eigenvalue weighted by atomic mass is 35.5. The number of rotatable bonds is 3. The van der Waals surface area contributed by atoms with Crippen LogP contribution in [-0.4, -0.2) is 46.8 Å². The normalized spacial score (nSPS) is 14.8.